The Kier molecular flexibility index (Phi) is 7.47. The second-order valence-corrected chi connectivity index (χ2v) is 10.0. The number of nitrogens with one attached hydrogen (secondary N) is 2. The van der Waals surface area contributed by atoms with Crippen LogP contribution in [0.15, 0.2) is 52.3 Å². The molecule has 0 aliphatic rings. The summed E-state index contributed by atoms with van der Waals surface area (Å²) in [7, 11) is -3.64. The first kappa shape index (κ1) is 22.9. The Morgan fingerprint density at radius 1 is 0.931 bits per heavy atom. The second kappa shape index (κ2) is 9.44. The van der Waals surface area contributed by atoms with Crippen LogP contribution in [-0.2, 0) is 14.6 Å². The van der Waals surface area contributed by atoms with E-state index in [0.717, 1.165) is 0 Å². The Balaban J connectivity index is 2.24. The van der Waals surface area contributed by atoms with Gasteiger partial charge >= 0.3 is 0 Å². The average Bonchev–Trinajstić information content (AvgIpc) is 2.65. The molecule has 6 heteroatoms. The number of aryl methyl sites for hydroxylation is 1. The Labute approximate surface area is 174 Å². The molecule has 0 saturated carbocycles. The monoisotopic (exact) mass is 416 g/mol. The Morgan fingerprint density at radius 2 is 1.52 bits per heavy atom. The molecule has 0 unspecified atom stereocenters. The molecule has 0 spiro atoms. The van der Waals surface area contributed by atoms with Crippen molar-refractivity contribution in [1.29, 1.82) is 0 Å². The summed E-state index contributed by atoms with van der Waals surface area (Å²) in [5, 5.41) is 6.18. The summed E-state index contributed by atoms with van der Waals surface area (Å²) in [4.78, 5) is 13.0. The summed E-state index contributed by atoms with van der Waals surface area (Å²) in [5.74, 6) is 0.565. The van der Waals surface area contributed by atoms with Crippen molar-refractivity contribution < 1.29 is 13.2 Å². The number of sulfone groups is 1. The van der Waals surface area contributed by atoms with Crippen LogP contribution in [0, 0.1) is 25.7 Å². The van der Waals surface area contributed by atoms with Gasteiger partial charge in [-0.15, -0.1) is 0 Å². The lowest BCUT2D eigenvalue weighted by molar-refractivity contribution is -0.120. The van der Waals surface area contributed by atoms with E-state index in [-0.39, 0.29) is 28.3 Å². The highest BCUT2D eigenvalue weighted by molar-refractivity contribution is 7.91. The van der Waals surface area contributed by atoms with E-state index in [4.69, 9.17) is 0 Å². The first-order chi connectivity index (χ1) is 13.6. The predicted octanol–water partition coefficient (Wildman–Crippen LogP) is 4.34. The number of carbonyl (C=O) groups excluding carboxylic acids is 1. The molecule has 2 aromatic rings. The smallest absolute Gasteiger partial charge is 0.239 e. The molecule has 5 nitrogen and oxygen atoms in total. The maximum absolute atomic E-state index is 13.2. The van der Waals surface area contributed by atoms with Crippen LogP contribution < -0.4 is 10.6 Å². The van der Waals surface area contributed by atoms with Gasteiger partial charge in [0.25, 0.3) is 0 Å². The normalized spacial score (nSPS) is 11.9. The molecular formula is C23H32N2O3S. The molecule has 2 N–H and O–H groups in total. The van der Waals surface area contributed by atoms with Gasteiger partial charge in [-0.05, 0) is 55.0 Å². The maximum Gasteiger partial charge on any atom is 0.239 e. The molecule has 0 aromatic heterocycles. The van der Waals surface area contributed by atoms with Gasteiger partial charge in [-0.1, -0.05) is 52.0 Å². The maximum atomic E-state index is 13.2. The first-order valence-corrected chi connectivity index (χ1v) is 11.5. The van der Waals surface area contributed by atoms with Crippen LogP contribution in [0.3, 0.4) is 0 Å². The number of anilines is 1. The fourth-order valence-electron chi connectivity index (χ4n) is 3.67. The summed E-state index contributed by atoms with van der Waals surface area (Å²) in [6, 6.07) is 12.1. The van der Waals surface area contributed by atoms with Gasteiger partial charge in [0.05, 0.1) is 16.3 Å². The fourth-order valence-corrected chi connectivity index (χ4v) is 5.42. The third kappa shape index (κ3) is 5.38. The van der Waals surface area contributed by atoms with Gasteiger partial charge in [-0.2, -0.15) is 0 Å². The van der Waals surface area contributed by atoms with Crippen LogP contribution in [-0.4, -0.2) is 26.9 Å². The van der Waals surface area contributed by atoms with Crippen LogP contribution in [0.2, 0.25) is 0 Å². The van der Waals surface area contributed by atoms with Crippen molar-refractivity contribution in [3.63, 3.8) is 0 Å². The van der Waals surface area contributed by atoms with Crippen LogP contribution in [0.4, 0.5) is 5.69 Å². The van der Waals surface area contributed by atoms with Gasteiger partial charge < -0.3 is 10.6 Å². The summed E-state index contributed by atoms with van der Waals surface area (Å²) in [6.45, 7) is 12.0. The zero-order valence-electron chi connectivity index (χ0n) is 18.1. The molecule has 0 aliphatic heterocycles. The van der Waals surface area contributed by atoms with E-state index in [0.29, 0.717) is 28.7 Å². The number of carbonyl (C=O) groups is 1. The number of benzene rings is 2. The molecule has 1 amide bonds. The molecular weight excluding hydrogens is 384 g/mol. The van der Waals surface area contributed by atoms with E-state index in [1.165, 1.54) is 0 Å². The quantitative estimate of drug-likeness (QED) is 0.671. The highest BCUT2D eigenvalue weighted by Gasteiger charge is 2.24. The summed E-state index contributed by atoms with van der Waals surface area (Å²) in [5.41, 5.74) is 1.94. The van der Waals surface area contributed by atoms with Gasteiger partial charge in [0.1, 0.15) is 0 Å². The Hall–Kier alpha value is -2.34. The highest BCUT2D eigenvalue weighted by atomic mass is 32.2. The van der Waals surface area contributed by atoms with Gasteiger partial charge in [0.15, 0.2) is 0 Å². The van der Waals surface area contributed by atoms with E-state index >= 15 is 0 Å². The van der Waals surface area contributed by atoms with Crippen molar-refractivity contribution in [2.75, 3.05) is 11.9 Å². The lowest BCUT2D eigenvalue weighted by Gasteiger charge is -2.26. The van der Waals surface area contributed by atoms with E-state index in [1.54, 1.807) is 50.2 Å². The van der Waals surface area contributed by atoms with E-state index < -0.39 is 9.84 Å². The topological polar surface area (TPSA) is 75.3 Å². The fraction of sp³-hybridized carbons (Fsp3) is 0.435. The van der Waals surface area contributed by atoms with Gasteiger partial charge in [0.2, 0.25) is 15.7 Å². The van der Waals surface area contributed by atoms with Crippen molar-refractivity contribution in [2.24, 2.45) is 11.8 Å². The minimum Gasteiger partial charge on any atom is -0.376 e. The van der Waals surface area contributed by atoms with Crippen molar-refractivity contribution >= 4 is 21.4 Å². The van der Waals surface area contributed by atoms with E-state index in [1.807, 2.05) is 6.07 Å². The molecule has 2 rings (SSSR count). The Morgan fingerprint density at radius 3 is 2.07 bits per heavy atom. The van der Waals surface area contributed by atoms with Crippen LogP contribution in [0.1, 0.15) is 38.8 Å². The molecule has 0 saturated heterocycles. The summed E-state index contributed by atoms with van der Waals surface area (Å²) >= 11 is 0. The molecule has 0 heterocycles. The number of amides is 1. The number of rotatable bonds is 8. The minimum absolute atomic E-state index is 0.0880. The molecule has 0 bridgehead atoms. The average molecular weight is 417 g/mol. The molecule has 158 valence electrons. The third-order valence-corrected chi connectivity index (χ3v) is 7.19. The lowest BCUT2D eigenvalue weighted by Crippen LogP contribution is -2.44. The first-order valence-electron chi connectivity index (χ1n) is 9.99. The van der Waals surface area contributed by atoms with Gasteiger partial charge in [-0.25, -0.2) is 8.42 Å². The van der Waals surface area contributed by atoms with Gasteiger partial charge in [-0.3, -0.25) is 4.79 Å². The van der Waals surface area contributed by atoms with Crippen LogP contribution in [0.25, 0.3) is 0 Å². The lowest BCUT2D eigenvalue weighted by atomic mass is 9.93. The SMILES string of the molecule is Cc1ccc(NCC(=O)NC(C(C)C)C(C)C)c(C)c1S(=O)(=O)c1ccccc1. The standard InChI is InChI=1S/C23H32N2O3S/c1-15(2)22(16(3)4)25-21(26)14-24-20-13-12-17(5)23(18(20)6)29(27,28)19-10-8-7-9-11-19/h7-13,15-16,22,24H,14H2,1-6H3,(H,25,26). The zero-order valence-corrected chi connectivity index (χ0v) is 18.9. The molecule has 2 aromatic carbocycles. The molecule has 0 fully saturated rings. The van der Waals surface area contributed by atoms with Crippen LogP contribution in [0.5, 0.6) is 0 Å². The highest BCUT2D eigenvalue weighted by Crippen LogP contribution is 2.31. The minimum atomic E-state index is -3.64. The predicted molar refractivity (Wildman–Crippen MR) is 118 cm³/mol. The van der Waals surface area contributed by atoms with Crippen molar-refractivity contribution in [2.45, 2.75) is 57.4 Å². The third-order valence-electron chi connectivity index (χ3n) is 5.13. The zero-order chi connectivity index (χ0) is 21.8. The number of hydrogen-bond donors (Lipinski definition) is 2. The van der Waals surface area contributed by atoms with Crippen LogP contribution >= 0.6 is 0 Å². The molecule has 29 heavy (non-hydrogen) atoms. The molecule has 0 radical (unpaired) electrons. The van der Waals surface area contributed by atoms with Crippen molar-refractivity contribution in [1.82, 2.24) is 5.32 Å². The Bertz CT molecular complexity index is 944. The van der Waals surface area contributed by atoms with E-state index in [9.17, 15) is 13.2 Å². The molecule has 0 aliphatic carbocycles. The summed E-state index contributed by atoms with van der Waals surface area (Å²) in [6.07, 6.45) is 0. The second-order valence-electron chi connectivity index (χ2n) is 8.14. The van der Waals surface area contributed by atoms with E-state index in [2.05, 4.69) is 38.3 Å². The number of hydrogen-bond acceptors (Lipinski definition) is 4. The molecule has 0 atom stereocenters. The van der Waals surface area contributed by atoms with Crippen molar-refractivity contribution in [3.8, 4) is 0 Å². The van der Waals surface area contributed by atoms with Gasteiger partial charge in [0, 0.05) is 11.7 Å². The summed E-state index contributed by atoms with van der Waals surface area (Å²) < 4.78 is 26.3. The largest absolute Gasteiger partial charge is 0.376 e. The van der Waals surface area contributed by atoms with Crippen molar-refractivity contribution in [3.05, 3.63) is 53.6 Å².